The molecule has 0 saturated carbocycles. The molecule has 0 aliphatic carbocycles. The SMILES string of the molecule is CC1(C)CCSCC1NCc1ccc(CO)cc1. The minimum atomic E-state index is 0.125. The molecule has 100 valence electrons. The Bertz CT molecular complexity index is 375. The molecule has 0 bridgehead atoms. The first kappa shape index (κ1) is 13.9. The van der Waals surface area contributed by atoms with Crippen molar-refractivity contribution in [3.63, 3.8) is 0 Å². The third kappa shape index (κ3) is 3.50. The number of thioether (sulfide) groups is 1. The molecule has 1 atom stereocenters. The van der Waals surface area contributed by atoms with Gasteiger partial charge in [0.15, 0.2) is 0 Å². The van der Waals surface area contributed by atoms with Crippen LogP contribution in [0.5, 0.6) is 0 Å². The number of hydrogen-bond acceptors (Lipinski definition) is 3. The molecule has 1 aromatic carbocycles. The van der Waals surface area contributed by atoms with Gasteiger partial charge in [-0.05, 0) is 28.7 Å². The lowest BCUT2D eigenvalue weighted by Crippen LogP contribution is -2.46. The second kappa shape index (κ2) is 6.09. The molecule has 1 unspecified atom stereocenters. The first-order valence-corrected chi connectivity index (χ1v) is 7.77. The van der Waals surface area contributed by atoms with Crippen LogP contribution in [0.3, 0.4) is 0 Å². The van der Waals surface area contributed by atoms with Gasteiger partial charge >= 0.3 is 0 Å². The van der Waals surface area contributed by atoms with Crippen LogP contribution in [-0.2, 0) is 13.2 Å². The summed E-state index contributed by atoms with van der Waals surface area (Å²) in [5, 5.41) is 12.7. The smallest absolute Gasteiger partial charge is 0.0681 e. The van der Waals surface area contributed by atoms with Crippen LogP contribution in [0.15, 0.2) is 24.3 Å². The molecule has 1 heterocycles. The van der Waals surface area contributed by atoms with Crippen LogP contribution in [0.1, 0.15) is 31.4 Å². The highest BCUT2D eigenvalue weighted by molar-refractivity contribution is 7.99. The van der Waals surface area contributed by atoms with Crippen molar-refractivity contribution in [3.05, 3.63) is 35.4 Å². The van der Waals surface area contributed by atoms with Crippen molar-refractivity contribution in [2.24, 2.45) is 5.41 Å². The Hall–Kier alpha value is -0.510. The van der Waals surface area contributed by atoms with Crippen LogP contribution >= 0.6 is 11.8 Å². The van der Waals surface area contributed by atoms with Crippen molar-refractivity contribution >= 4 is 11.8 Å². The Morgan fingerprint density at radius 2 is 1.94 bits per heavy atom. The number of nitrogens with one attached hydrogen (secondary N) is 1. The van der Waals surface area contributed by atoms with Gasteiger partial charge in [0, 0.05) is 18.3 Å². The van der Waals surface area contributed by atoms with E-state index in [9.17, 15) is 0 Å². The van der Waals surface area contributed by atoms with Crippen LogP contribution in [-0.4, -0.2) is 22.7 Å². The average molecular weight is 265 g/mol. The van der Waals surface area contributed by atoms with Crippen LogP contribution < -0.4 is 5.32 Å². The highest BCUT2D eigenvalue weighted by Gasteiger charge is 2.31. The summed E-state index contributed by atoms with van der Waals surface area (Å²) < 4.78 is 0. The summed E-state index contributed by atoms with van der Waals surface area (Å²) in [6.45, 7) is 5.76. The van der Waals surface area contributed by atoms with Gasteiger partial charge in [-0.15, -0.1) is 0 Å². The fourth-order valence-electron chi connectivity index (χ4n) is 2.28. The van der Waals surface area contributed by atoms with Crippen LogP contribution in [0, 0.1) is 5.41 Å². The Kier molecular flexibility index (Phi) is 4.71. The van der Waals surface area contributed by atoms with Crippen LogP contribution in [0.2, 0.25) is 0 Å². The summed E-state index contributed by atoms with van der Waals surface area (Å²) in [7, 11) is 0. The molecule has 0 spiro atoms. The predicted molar refractivity (Wildman–Crippen MR) is 78.7 cm³/mol. The van der Waals surface area contributed by atoms with Crippen molar-refractivity contribution in [3.8, 4) is 0 Å². The number of aliphatic hydroxyl groups excluding tert-OH is 1. The van der Waals surface area contributed by atoms with Gasteiger partial charge in [-0.25, -0.2) is 0 Å². The number of hydrogen-bond donors (Lipinski definition) is 2. The van der Waals surface area contributed by atoms with Crippen LogP contribution in [0.4, 0.5) is 0 Å². The molecule has 0 radical (unpaired) electrons. The van der Waals surface area contributed by atoms with Crippen molar-refractivity contribution in [1.29, 1.82) is 0 Å². The number of aliphatic hydroxyl groups is 1. The van der Waals surface area contributed by atoms with E-state index in [1.54, 1.807) is 0 Å². The largest absolute Gasteiger partial charge is 0.392 e. The molecule has 18 heavy (non-hydrogen) atoms. The molecule has 2 rings (SSSR count). The zero-order valence-corrected chi connectivity index (χ0v) is 12.1. The van der Waals surface area contributed by atoms with E-state index in [0.717, 1.165) is 12.1 Å². The maximum atomic E-state index is 9.01. The van der Waals surface area contributed by atoms with Crippen LogP contribution in [0.25, 0.3) is 0 Å². The first-order valence-electron chi connectivity index (χ1n) is 6.61. The van der Waals surface area contributed by atoms with Crippen molar-refractivity contribution in [2.75, 3.05) is 11.5 Å². The zero-order chi connectivity index (χ0) is 13.0. The Labute approximate surface area is 114 Å². The molecule has 1 fully saturated rings. The molecule has 2 N–H and O–H groups in total. The zero-order valence-electron chi connectivity index (χ0n) is 11.3. The lowest BCUT2D eigenvalue weighted by atomic mass is 9.82. The van der Waals surface area contributed by atoms with Gasteiger partial charge in [0.05, 0.1) is 6.61 Å². The lowest BCUT2D eigenvalue weighted by Gasteiger charge is -2.39. The topological polar surface area (TPSA) is 32.3 Å². The van der Waals surface area contributed by atoms with Gasteiger partial charge in [-0.3, -0.25) is 0 Å². The summed E-state index contributed by atoms with van der Waals surface area (Å²) in [5.41, 5.74) is 2.67. The van der Waals surface area contributed by atoms with Gasteiger partial charge in [0.2, 0.25) is 0 Å². The molecule has 3 heteroatoms. The first-order chi connectivity index (χ1) is 8.62. The molecular weight excluding hydrogens is 242 g/mol. The van der Waals surface area contributed by atoms with E-state index in [1.165, 1.54) is 23.5 Å². The molecule has 0 amide bonds. The van der Waals surface area contributed by atoms with Crippen molar-refractivity contribution in [1.82, 2.24) is 5.32 Å². The van der Waals surface area contributed by atoms with E-state index < -0.39 is 0 Å². The number of benzene rings is 1. The number of rotatable bonds is 4. The van der Waals surface area contributed by atoms with Gasteiger partial charge in [-0.1, -0.05) is 38.1 Å². The lowest BCUT2D eigenvalue weighted by molar-refractivity contribution is 0.245. The third-order valence-electron chi connectivity index (χ3n) is 3.88. The maximum Gasteiger partial charge on any atom is 0.0681 e. The average Bonchev–Trinajstić information content (AvgIpc) is 2.38. The normalized spacial score (nSPS) is 22.9. The second-order valence-electron chi connectivity index (χ2n) is 5.72. The van der Waals surface area contributed by atoms with Crippen molar-refractivity contribution in [2.45, 2.75) is 39.5 Å². The quantitative estimate of drug-likeness (QED) is 0.878. The van der Waals surface area contributed by atoms with E-state index in [2.05, 4.69) is 43.1 Å². The van der Waals surface area contributed by atoms with Gasteiger partial charge < -0.3 is 10.4 Å². The molecule has 1 aliphatic rings. The fraction of sp³-hybridized carbons (Fsp3) is 0.600. The summed E-state index contributed by atoms with van der Waals surface area (Å²) in [4.78, 5) is 0. The summed E-state index contributed by atoms with van der Waals surface area (Å²) in [6, 6.07) is 8.78. The molecular formula is C15H23NOS. The highest BCUT2D eigenvalue weighted by Crippen LogP contribution is 2.34. The standard InChI is InChI=1S/C15H23NOS/c1-15(2)7-8-18-11-14(15)16-9-12-3-5-13(10-17)6-4-12/h3-6,14,16-17H,7-11H2,1-2H3. The Morgan fingerprint density at radius 3 is 2.56 bits per heavy atom. The van der Waals surface area contributed by atoms with Gasteiger partial charge in [0.25, 0.3) is 0 Å². The summed E-state index contributed by atoms with van der Waals surface area (Å²) in [5.74, 6) is 2.50. The van der Waals surface area contributed by atoms with Gasteiger partial charge in [0.1, 0.15) is 0 Å². The predicted octanol–water partition coefficient (Wildman–Crippen LogP) is 2.80. The molecule has 0 aromatic heterocycles. The second-order valence-corrected chi connectivity index (χ2v) is 6.87. The molecule has 1 aromatic rings. The molecule has 1 saturated heterocycles. The third-order valence-corrected chi connectivity index (χ3v) is 4.94. The maximum absolute atomic E-state index is 9.01. The van der Waals surface area contributed by atoms with E-state index in [0.29, 0.717) is 11.5 Å². The van der Waals surface area contributed by atoms with E-state index >= 15 is 0 Å². The minimum absolute atomic E-state index is 0.125. The monoisotopic (exact) mass is 265 g/mol. The van der Waals surface area contributed by atoms with Gasteiger partial charge in [-0.2, -0.15) is 11.8 Å². The summed E-state index contributed by atoms with van der Waals surface area (Å²) in [6.07, 6.45) is 1.29. The van der Waals surface area contributed by atoms with E-state index in [4.69, 9.17) is 5.11 Å². The highest BCUT2D eigenvalue weighted by atomic mass is 32.2. The van der Waals surface area contributed by atoms with E-state index in [1.807, 2.05) is 12.1 Å². The molecule has 1 aliphatic heterocycles. The minimum Gasteiger partial charge on any atom is -0.392 e. The van der Waals surface area contributed by atoms with Crippen molar-refractivity contribution < 1.29 is 5.11 Å². The van der Waals surface area contributed by atoms with E-state index in [-0.39, 0.29) is 6.61 Å². The molecule has 2 nitrogen and oxygen atoms in total. The fourth-order valence-corrected chi connectivity index (χ4v) is 3.92. The Balaban J connectivity index is 1.90. The Morgan fingerprint density at radius 1 is 1.28 bits per heavy atom. The summed E-state index contributed by atoms with van der Waals surface area (Å²) >= 11 is 2.05.